The summed E-state index contributed by atoms with van der Waals surface area (Å²) in [7, 11) is 1.89. The highest BCUT2D eigenvalue weighted by atomic mass is 32.1. The Morgan fingerprint density at radius 1 is 1.28 bits per heavy atom. The summed E-state index contributed by atoms with van der Waals surface area (Å²) in [5, 5.41) is 16.9. The number of rotatable bonds is 3. The van der Waals surface area contributed by atoms with Crippen molar-refractivity contribution in [3.05, 3.63) is 34.0 Å². The van der Waals surface area contributed by atoms with Crippen molar-refractivity contribution in [3.63, 3.8) is 0 Å². The molecule has 0 N–H and O–H groups in total. The molecule has 2 aromatic heterocycles. The quantitative estimate of drug-likeness (QED) is 0.771. The highest BCUT2D eigenvalue weighted by Gasteiger charge is 2.52. The monoisotopic (exact) mass is 350 g/mol. The van der Waals surface area contributed by atoms with E-state index in [2.05, 4.69) is 16.5 Å². The van der Waals surface area contributed by atoms with Crippen LogP contribution in [0, 0.1) is 29.1 Å². The van der Waals surface area contributed by atoms with Gasteiger partial charge in [-0.05, 0) is 68.4 Å². The third-order valence-corrected chi connectivity index (χ3v) is 7.46. The van der Waals surface area contributed by atoms with E-state index in [1.165, 1.54) is 44.2 Å². The molecule has 2 aromatic rings. The summed E-state index contributed by atoms with van der Waals surface area (Å²) in [4.78, 5) is 4.98. The van der Waals surface area contributed by atoms with Gasteiger partial charge in [0.2, 0.25) is 0 Å². The minimum atomic E-state index is 0.302. The van der Waals surface area contributed by atoms with E-state index < -0.39 is 0 Å². The lowest BCUT2D eigenvalue weighted by atomic mass is 9.49. The molecule has 0 aliphatic heterocycles. The number of nitrogens with zero attached hydrogens (tertiary/aromatic N) is 4. The highest BCUT2D eigenvalue weighted by molar-refractivity contribution is 7.11. The van der Waals surface area contributed by atoms with Crippen molar-refractivity contribution in [3.8, 4) is 6.07 Å². The molecule has 4 bridgehead atoms. The van der Waals surface area contributed by atoms with Crippen molar-refractivity contribution in [1.82, 2.24) is 14.8 Å². The zero-order chi connectivity index (χ0) is 17.0. The summed E-state index contributed by atoms with van der Waals surface area (Å²) in [5.74, 6) is 2.74. The van der Waals surface area contributed by atoms with Crippen molar-refractivity contribution in [2.45, 2.75) is 43.9 Å². The van der Waals surface area contributed by atoms with Gasteiger partial charge in [-0.25, -0.2) is 4.98 Å². The molecule has 5 heteroatoms. The number of allylic oxidation sites excluding steroid dienone is 1. The highest BCUT2D eigenvalue weighted by Crippen LogP contribution is 2.60. The van der Waals surface area contributed by atoms with Gasteiger partial charge in [-0.1, -0.05) is 0 Å². The first-order chi connectivity index (χ1) is 12.1. The molecule has 128 valence electrons. The molecule has 2 heterocycles. The maximum atomic E-state index is 9.63. The Hall–Kier alpha value is -1.93. The van der Waals surface area contributed by atoms with Crippen molar-refractivity contribution < 1.29 is 0 Å². The molecule has 25 heavy (non-hydrogen) atoms. The second kappa shape index (κ2) is 5.54. The van der Waals surface area contributed by atoms with Crippen LogP contribution in [0.25, 0.3) is 11.6 Å². The normalized spacial score (nSPS) is 33.6. The standard InChI is InChI=1S/C20H22N4S/c1-24-17(2-3-22-24)7-16(11-21)19-23-18(12-25-19)20-8-13-4-14(9-20)6-15(5-13)10-20/h2-3,7,12-15H,4-6,8-10H2,1H3. The molecular weight excluding hydrogens is 328 g/mol. The molecule has 6 rings (SSSR count). The van der Waals surface area contributed by atoms with E-state index in [-0.39, 0.29) is 0 Å². The van der Waals surface area contributed by atoms with Crippen molar-refractivity contribution in [1.29, 1.82) is 5.26 Å². The fourth-order valence-corrected chi connectivity index (χ4v) is 6.79. The maximum Gasteiger partial charge on any atom is 0.134 e. The van der Waals surface area contributed by atoms with Gasteiger partial charge in [-0.2, -0.15) is 10.4 Å². The molecule has 0 atom stereocenters. The summed E-state index contributed by atoms with van der Waals surface area (Å²) < 4.78 is 1.78. The van der Waals surface area contributed by atoms with E-state index in [4.69, 9.17) is 4.98 Å². The van der Waals surface area contributed by atoms with Gasteiger partial charge in [0.05, 0.1) is 17.0 Å². The van der Waals surface area contributed by atoms with Crippen molar-refractivity contribution in [2.24, 2.45) is 24.8 Å². The molecule has 4 nitrogen and oxygen atoms in total. The topological polar surface area (TPSA) is 54.5 Å². The average Bonchev–Trinajstić information content (AvgIpc) is 3.21. The number of aryl methyl sites for hydroxylation is 1. The molecular formula is C20H22N4S. The molecule has 4 fully saturated rings. The molecule has 0 amide bonds. The third-order valence-electron chi connectivity index (χ3n) is 6.59. The van der Waals surface area contributed by atoms with E-state index >= 15 is 0 Å². The van der Waals surface area contributed by atoms with E-state index in [0.29, 0.717) is 11.0 Å². The molecule has 0 spiro atoms. The van der Waals surface area contributed by atoms with Gasteiger partial charge in [0.1, 0.15) is 11.1 Å². The molecule has 4 aliphatic carbocycles. The molecule has 0 aromatic carbocycles. The SMILES string of the molecule is Cn1nccc1C=C(C#N)c1nc(C23CC4CC(CC(C4)C2)C3)cs1. The van der Waals surface area contributed by atoms with Crippen LogP contribution in [-0.2, 0) is 12.5 Å². The number of aromatic nitrogens is 3. The van der Waals surface area contributed by atoms with Gasteiger partial charge < -0.3 is 0 Å². The van der Waals surface area contributed by atoms with Crippen LogP contribution in [-0.4, -0.2) is 14.8 Å². The van der Waals surface area contributed by atoms with Gasteiger partial charge in [-0.3, -0.25) is 4.68 Å². The number of hydrogen-bond donors (Lipinski definition) is 0. The van der Waals surface area contributed by atoms with Crippen LogP contribution in [0.5, 0.6) is 0 Å². The number of nitriles is 1. The van der Waals surface area contributed by atoms with Crippen LogP contribution >= 0.6 is 11.3 Å². The maximum absolute atomic E-state index is 9.63. The predicted molar refractivity (Wildman–Crippen MR) is 98.7 cm³/mol. The zero-order valence-corrected chi connectivity index (χ0v) is 15.3. The minimum Gasteiger partial charge on any atom is -0.269 e. The number of thiazole rings is 1. The van der Waals surface area contributed by atoms with Crippen LogP contribution in [0.1, 0.15) is 54.9 Å². The Labute approximate surface area is 152 Å². The second-order valence-electron chi connectivity index (χ2n) is 8.29. The second-order valence-corrected chi connectivity index (χ2v) is 9.14. The van der Waals surface area contributed by atoms with Crippen LogP contribution < -0.4 is 0 Å². The lowest BCUT2D eigenvalue weighted by Gasteiger charge is -2.56. The Morgan fingerprint density at radius 3 is 2.52 bits per heavy atom. The molecule has 4 saturated carbocycles. The Morgan fingerprint density at radius 2 is 1.96 bits per heavy atom. The minimum absolute atomic E-state index is 0.302. The lowest BCUT2D eigenvalue weighted by Crippen LogP contribution is -2.48. The van der Waals surface area contributed by atoms with Gasteiger partial charge in [0, 0.05) is 24.0 Å². The third kappa shape index (κ3) is 2.46. The Kier molecular flexibility index (Phi) is 3.40. The molecule has 0 saturated heterocycles. The fraction of sp³-hybridized carbons (Fsp3) is 0.550. The zero-order valence-electron chi connectivity index (χ0n) is 14.5. The largest absolute Gasteiger partial charge is 0.269 e. The molecule has 0 radical (unpaired) electrons. The van der Waals surface area contributed by atoms with Gasteiger partial charge in [0.25, 0.3) is 0 Å². The van der Waals surface area contributed by atoms with Crippen LogP contribution in [0.4, 0.5) is 0 Å². The van der Waals surface area contributed by atoms with Gasteiger partial charge in [0.15, 0.2) is 0 Å². The van der Waals surface area contributed by atoms with E-state index in [0.717, 1.165) is 28.5 Å². The molecule has 4 aliphatic rings. The van der Waals surface area contributed by atoms with Gasteiger partial charge in [-0.15, -0.1) is 11.3 Å². The van der Waals surface area contributed by atoms with Crippen molar-refractivity contribution >= 4 is 23.0 Å². The van der Waals surface area contributed by atoms with Crippen LogP contribution in [0.3, 0.4) is 0 Å². The summed E-state index contributed by atoms with van der Waals surface area (Å²) in [5.41, 5.74) is 3.14. The summed E-state index contributed by atoms with van der Waals surface area (Å²) >= 11 is 1.63. The first-order valence-electron chi connectivity index (χ1n) is 9.21. The van der Waals surface area contributed by atoms with Crippen LogP contribution in [0.15, 0.2) is 17.6 Å². The van der Waals surface area contributed by atoms with Crippen molar-refractivity contribution in [2.75, 3.05) is 0 Å². The van der Waals surface area contributed by atoms with Crippen LogP contribution in [0.2, 0.25) is 0 Å². The van der Waals surface area contributed by atoms with E-state index in [1.807, 2.05) is 19.2 Å². The Balaban J connectivity index is 1.49. The lowest BCUT2D eigenvalue weighted by molar-refractivity contribution is -0.00694. The smallest absolute Gasteiger partial charge is 0.134 e. The summed E-state index contributed by atoms with van der Waals surface area (Å²) in [6, 6.07) is 4.26. The predicted octanol–water partition coefficient (Wildman–Crippen LogP) is 4.41. The van der Waals surface area contributed by atoms with E-state index in [1.54, 1.807) is 22.2 Å². The summed E-state index contributed by atoms with van der Waals surface area (Å²) in [6.45, 7) is 0. The van der Waals surface area contributed by atoms with E-state index in [9.17, 15) is 5.26 Å². The summed E-state index contributed by atoms with van der Waals surface area (Å²) in [6.07, 6.45) is 11.9. The van der Waals surface area contributed by atoms with Gasteiger partial charge >= 0.3 is 0 Å². The fourth-order valence-electron chi connectivity index (χ4n) is 5.88. The Bertz CT molecular complexity index is 846. The first-order valence-corrected chi connectivity index (χ1v) is 10.1. The number of hydrogen-bond acceptors (Lipinski definition) is 4. The molecule has 0 unspecified atom stereocenters. The first kappa shape index (κ1) is 15.3. The average molecular weight is 350 g/mol.